The van der Waals surface area contributed by atoms with Crippen LogP contribution in [0.4, 0.5) is 0 Å². The molecule has 1 unspecified atom stereocenters. The van der Waals surface area contributed by atoms with E-state index < -0.39 is 0 Å². The van der Waals surface area contributed by atoms with Gasteiger partial charge in [-0.1, -0.05) is 41.4 Å². The molecule has 1 aliphatic rings. The van der Waals surface area contributed by atoms with Gasteiger partial charge in [-0.15, -0.1) is 0 Å². The number of ether oxygens (including phenoxy) is 2. The molecule has 1 aliphatic heterocycles. The molecule has 1 atom stereocenters. The Morgan fingerprint density at radius 2 is 1.97 bits per heavy atom. The zero-order valence-corrected chi connectivity index (χ0v) is 18.5. The molecule has 9 heteroatoms. The normalized spacial score (nSPS) is 15.2. The Labute approximate surface area is 193 Å². The zero-order valence-electron chi connectivity index (χ0n) is 17.0. The highest BCUT2D eigenvalue weighted by atomic mass is 35.5. The van der Waals surface area contributed by atoms with Crippen molar-refractivity contribution in [2.24, 2.45) is 0 Å². The second-order valence-corrected chi connectivity index (χ2v) is 8.20. The van der Waals surface area contributed by atoms with E-state index in [1.165, 1.54) is 13.3 Å². The summed E-state index contributed by atoms with van der Waals surface area (Å²) < 4.78 is 12.9. The Hall–Kier alpha value is -3.29. The summed E-state index contributed by atoms with van der Waals surface area (Å²) in [6.45, 7) is 0.530. The lowest BCUT2D eigenvalue weighted by Crippen LogP contribution is -2.32. The van der Waals surface area contributed by atoms with Crippen molar-refractivity contribution in [1.82, 2.24) is 19.9 Å². The van der Waals surface area contributed by atoms with Crippen LogP contribution in [0.1, 0.15) is 28.4 Å². The van der Waals surface area contributed by atoms with Gasteiger partial charge in [0.25, 0.3) is 5.91 Å². The molecule has 0 spiro atoms. The van der Waals surface area contributed by atoms with E-state index in [-0.39, 0.29) is 11.9 Å². The van der Waals surface area contributed by atoms with Crippen molar-refractivity contribution in [1.29, 1.82) is 0 Å². The molecule has 32 heavy (non-hydrogen) atoms. The highest BCUT2D eigenvalue weighted by Gasteiger charge is 2.26. The number of hydrogen-bond donors (Lipinski definition) is 1. The summed E-state index contributed by atoms with van der Waals surface area (Å²) in [5, 5.41) is 8.52. The third-order valence-corrected chi connectivity index (χ3v) is 5.80. The number of carbonyl (C=O) groups is 1. The van der Waals surface area contributed by atoms with Gasteiger partial charge in [-0.05, 0) is 24.3 Å². The van der Waals surface area contributed by atoms with Crippen molar-refractivity contribution < 1.29 is 14.3 Å². The smallest absolute Gasteiger partial charge is 0.257 e. The van der Waals surface area contributed by atoms with Gasteiger partial charge in [-0.2, -0.15) is 5.10 Å². The van der Waals surface area contributed by atoms with Gasteiger partial charge in [0.05, 0.1) is 37.8 Å². The fourth-order valence-corrected chi connectivity index (χ4v) is 4.43. The summed E-state index contributed by atoms with van der Waals surface area (Å²) in [6, 6.07) is 12.7. The second kappa shape index (κ2) is 8.33. The van der Waals surface area contributed by atoms with Crippen molar-refractivity contribution in [3.63, 3.8) is 0 Å². The van der Waals surface area contributed by atoms with E-state index in [2.05, 4.69) is 15.4 Å². The minimum Gasteiger partial charge on any atom is -0.493 e. The molecule has 2 aromatic carbocycles. The van der Waals surface area contributed by atoms with Crippen LogP contribution < -0.4 is 14.8 Å². The number of fused-ring (bicyclic) bond motifs is 2. The number of halogens is 2. The van der Waals surface area contributed by atoms with Crippen LogP contribution in [0.2, 0.25) is 10.0 Å². The van der Waals surface area contributed by atoms with Crippen LogP contribution in [0.25, 0.3) is 16.9 Å². The Kier molecular flexibility index (Phi) is 5.36. The van der Waals surface area contributed by atoms with Crippen LogP contribution in [0.3, 0.4) is 0 Å². The van der Waals surface area contributed by atoms with Crippen molar-refractivity contribution in [2.45, 2.75) is 12.5 Å². The molecular formula is C23H18Cl2N4O3. The first-order chi connectivity index (χ1) is 15.5. The number of para-hydroxylation sites is 1. The molecule has 0 saturated heterocycles. The lowest BCUT2D eigenvalue weighted by Gasteiger charge is -2.26. The van der Waals surface area contributed by atoms with Crippen LogP contribution >= 0.6 is 23.2 Å². The molecule has 1 amide bonds. The van der Waals surface area contributed by atoms with E-state index >= 15 is 0 Å². The van der Waals surface area contributed by atoms with Crippen LogP contribution in [0, 0.1) is 0 Å². The monoisotopic (exact) mass is 468 g/mol. The Bertz CT molecular complexity index is 1320. The van der Waals surface area contributed by atoms with Gasteiger partial charge in [0.2, 0.25) is 0 Å². The maximum absolute atomic E-state index is 13.2. The van der Waals surface area contributed by atoms with Crippen molar-refractivity contribution in [3.05, 3.63) is 76.0 Å². The van der Waals surface area contributed by atoms with Gasteiger partial charge >= 0.3 is 0 Å². The van der Waals surface area contributed by atoms with Gasteiger partial charge in [-0.3, -0.25) is 4.79 Å². The van der Waals surface area contributed by atoms with Gasteiger partial charge in [-0.25, -0.2) is 9.50 Å². The third-order valence-electron chi connectivity index (χ3n) is 5.36. The van der Waals surface area contributed by atoms with Crippen LogP contribution in [0.15, 0.2) is 54.9 Å². The predicted octanol–water partition coefficient (Wildman–Crippen LogP) is 4.97. The van der Waals surface area contributed by atoms with Crippen molar-refractivity contribution >= 4 is 34.8 Å². The molecule has 0 radical (unpaired) electrons. The summed E-state index contributed by atoms with van der Waals surface area (Å²) in [6.07, 6.45) is 3.79. The molecule has 1 N–H and O–H groups in total. The summed E-state index contributed by atoms with van der Waals surface area (Å²) in [5.41, 5.74) is 3.08. The fourth-order valence-electron chi connectivity index (χ4n) is 3.90. The first-order valence-electron chi connectivity index (χ1n) is 9.95. The SMILES string of the molecule is COc1c(C(=O)NC2CCOc3ccccc32)cnn2c(-c3cc(Cl)cc(Cl)c3)cnc12. The number of imidazole rings is 1. The quantitative estimate of drug-likeness (QED) is 0.457. The summed E-state index contributed by atoms with van der Waals surface area (Å²) in [5.74, 6) is 0.814. The molecule has 7 nitrogen and oxygen atoms in total. The average molecular weight is 469 g/mol. The molecule has 3 heterocycles. The second-order valence-electron chi connectivity index (χ2n) is 7.33. The largest absolute Gasteiger partial charge is 0.493 e. The number of nitrogens with zero attached hydrogens (tertiary/aromatic N) is 3. The minimum atomic E-state index is -0.297. The number of methoxy groups -OCH3 is 1. The number of aromatic nitrogens is 3. The molecule has 0 fully saturated rings. The third kappa shape index (κ3) is 3.63. The Morgan fingerprint density at radius 3 is 2.75 bits per heavy atom. The fraction of sp³-hybridized carbons (Fsp3) is 0.174. The molecule has 0 saturated carbocycles. The molecule has 0 bridgehead atoms. The van der Waals surface area contributed by atoms with E-state index in [0.29, 0.717) is 45.7 Å². The van der Waals surface area contributed by atoms with E-state index in [0.717, 1.165) is 16.9 Å². The van der Waals surface area contributed by atoms with Gasteiger partial charge in [0.15, 0.2) is 11.4 Å². The van der Waals surface area contributed by atoms with Crippen LogP contribution in [-0.4, -0.2) is 34.2 Å². The lowest BCUT2D eigenvalue weighted by molar-refractivity contribution is 0.0921. The van der Waals surface area contributed by atoms with Crippen LogP contribution in [0.5, 0.6) is 11.5 Å². The number of hydrogen-bond acceptors (Lipinski definition) is 5. The lowest BCUT2D eigenvalue weighted by atomic mass is 10.0. The minimum absolute atomic E-state index is 0.169. The van der Waals surface area contributed by atoms with Crippen molar-refractivity contribution in [3.8, 4) is 22.8 Å². The molecule has 162 valence electrons. The first-order valence-corrected chi connectivity index (χ1v) is 10.7. The molecular weight excluding hydrogens is 451 g/mol. The summed E-state index contributed by atoms with van der Waals surface area (Å²) in [7, 11) is 1.50. The molecule has 0 aliphatic carbocycles. The molecule has 4 aromatic rings. The molecule has 5 rings (SSSR count). The number of carbonyl (C=O) groups excluding carboxylic acids is 1. The standard InChI is InChI=1S/C23H18Cl2N4O3/c1-31-21-17(23(30)28-18-6-7-32-20-5-3-2-4-16(18)20)11-27-29-19(12-26-22(21)29)13-8-14(24)10-15(25)9-13/h2-5,8-12,18H,6-7H2,1H3,(H,28,30). The highest BCUT2D eigenvalue weighted by Crippen LogP contribution is 2.34. The van der Waals surface area contributed by atoms with E-state index in [9.17, 15) is 4.79 Å². The van der Waals surface area contributed by atoms with Gasteiger partial charge in [0.1, 0.15) is 11.3 Å². The van der Waals surface area contributed by atoms with E-state index in [1.54, 1.807) is 28.9 Å². The highest BCUT2D eigenvalue weighted by molar-refractivity contribution is 6.35. The summed E-state index contributed by atoms with van der Waals surface area (Å²) in [4.78, 5) is 17.6. The van der Waals surface area contributed by atoms with Crippen LogP contribution in [-0.2, 0) is 0 Å². The number of amides is 1. The predicted molar refractivity (Wildman–Crippen MR) is 122 cm³/mol. The van der Waals surface area contributed by atoms with Gasteiger partial charge < -0.3 is 14.8 Å². The van der Waals surface area contributed by atoms with Crippen molar-refractivity contribution in [2.75, 3.05) is 13.7 Å². The van der Waals surface area contributed by atoms with E-state index in [1.807, 2.05) is 24.3 Å². The van der Waals surface area contributed by atoms with Gasteiger partial charge in [0, 0.05) is 27.6 Å². The Balaban J connectivity index is 1.51. The molecule has 2 aromatic heterocycles. The number of nitrogens with one attached hydrogen (secondary N) is 1. The zero-order chi connectivity index (χ0) is 22.2. The summed E-state index contributed by atoms with van der Waals surface area (Å²) >= 11 is 12.3. The number of benzene rings is 2. The Morgan fingerprint density at radius 1 is 1.19 bits per heavy atom. The maximum Gasteiger partial charge on any atom is 0.257 e. The maximum atomic E-state index is 13.2. The number of rotatable bonds is 4. The average Bonchev–Trinajstić information content (AvgIpc) is 3.22. The first kappa shape index (κ1) is 20.6. The topological polar surface area (TPSA) is 77.8 Å². The van der Waals surface area contributed by atoms with E-state index in [4.69, 9.17) is 32.7 Å².